The van der Waals surface area contributed by atoms with Crippen LogP contribution in [0.4, 0.5) is 0 Å². The molecule has 1 N–H and O–H groups in total. The minimum atomic E-state index is 0.507. The molecule has 0 saturated heterocycles. The Morgan fingerprint density at radius 2 is 2.16 bits per heavy atom. The second-order valence-corrected chi connectivity index (χ2v) is 5.92. The summed E-state index contributed by atoms with van der Waals surface area (Å²) in [7, 11) is 0. The number of aryl methyl sites for hydroxylation is 1. The minimum absolute atomic E-state index is 0.507. The standard InChI is InChI=1S/C15H20BrN3/c1-11(2)18-9-13-4-5-14(15(16)8-13)10-19-7-6-17-12(19)3/h4-8,11,18H,9-10H2,1-3H3. The summed E-state index contributed by atoms with van der Waals surface area (Å²) in [5.74, 6) is 1.04. The summed E-state index contributed by atoms with van der Waals surface area (Å²) in [6, 6.07) is 7.06. The molecule has 0 amide bonds. The molecule has 0 aliphatic carbocycles. The summed E-state index contributed by atoms with van der Waals surface area (Å²) < 4.78 is 3.30. The number of aromatic nitrogens is 2. The summed E-state index contributed by atoms with van der Waals surface area (Å²) in [6.07, 6.45) is 3.85. The molecular weight excluding hydrogens is 302 g/mol. The lowest BCUT2D eigenvalue weighted by Gasteiger charge is -2.11. The van der Waals surface area contributed by atoms with E-state index in [-0.39, 0.29) is 0 Å². The van der Waals surface area contributed by atoms with Gasteiger partial charge in [-0.25, -0.2) is 4.98 Å². The molecule has 0 aliphatic heterocycles. The van der Waals surface area contributed by atoms with E-state index in [4.69, 9.17) is 0 Å². The maximum atomic E-state index is 4.25. The van der Waals surface area contributed by atoms with Crippen molar-refractivity contribution in [2.24, 2.45) is 0 Å². The Kier molecular flexibility index (Phi) is 4.77. The number of rotatable bonds is 5. The molecule has 0 spiro atoms. The van der Waals surface area contributed by atoms with Gasteiger partial charge in [-0.1, -0.05) is 41.9 Å². The fraction of sp³-hybridized carbons (Fsp3) is 0.400. The van der Waals surface area contributed by atoms with E-state index in [9.17, 15) is 0 Å². The van der Waals surface area contributed by atoms with Crippen LogP contribution in [-0.2, 0) is 13.1 Å². The van der Waals surface area contributed by atoms with Gasteiger partial charge in [0.1, 0.15) is 5.82 Å². The third kappa shape index (κ3) is 3.91. The zero-order valence-electron chi connectivity index (χ0n) is 11.7. The smallest absolute Gasteiger partial charge is 0.105 e. The molecule has 2 aromatic rings. The first-order chi connectivity index (χ1) is 9.06. The number of hydrogen-bond acceptors (Lipinski definition) is 2. The fourth-order valence-corrected chi connectivity index (χ4v) is 2.46. The highest BCUT2D eigenvalue weighted by Crippen LogP contribution is 2.20. The first-order valence-corrected chi connectivity index (χ1v) is 7.34. The molecule has 0 bridgehead atoms. The van der Waals surface area contributed by atoms with Crippen LogP contribution in [0.3, 0.4) is 0 Å². The number of hydrogen-bond donors (Lipinski definition) is 1. The quantitative estimate of drug-likeness (QED) is 0.913. The first-order valence-electron chi connectivity index (χ1n) is 6.54. The molecule has 1 aromatic carbocycles. The van der Waals surface area contributed by atoms with Gasteiger partial charge in [0.05, 0.1) is 0 Å². The van der Waals surface area contributed by atoms with E-state index in [1.54, 1.807) is 0 Å². The zero-order chi connectivity index (χ0) is 13.8. The third-order valence-corrected chi connectivity index (χ3v) is 3.83. The predicted molar refractivity (Wildman–Crippen MR) is 82.2 cm³/mol. The molecule has 1 aromatic heterocycles. The van der Waals surface area contributed by atoms with Crippen molar-refractivity contribution in [1.82, 2.24) is 14.9 Å². The van der Waals surface area contributed by atoms with Crippen molar-refractivity contribution in [3.8, 4) is 0 Å². The van der Waals surface area contributed by atoms with Crippen LogP contribution >= 0.6 is 15.9 Å². The van der Waals surface area contributed by atoms with Gasteiger partial charge in [-0.15, -0.1) is 0 Å². The fourth-order valence-electron chi connectivity index (χ4n) is 1.91. The van der Waals surface area contributed by atoms with Crippen molar-refractivity contribution in [3.05, 3.63) is 52.0 Å². The summed E-state index contributed by atoms with van der Waals surface area (Å²) in [4.78, 5) is 4.25. The van der Waals surface area contributed by atoms with Crippen molar-refractivity contribution in [2.45, 2.75) is 39.9 Å². The molecule has 0 aliphatic rings. The summed E-state index contributed by atoms with van der Waals surface area (Å²) in [6.45, 7) is 8.09. The number of halogens is 1. The Morgan fingerprint density at radius 3 is 2.74 bits per heavy atom. The summed E-state index contributed by atoms with van der Waals surface area (Å²) >= 11 is 3.66. The van der Waals surface area contributed by atoms with Crippen molar-refractivity contribution < 1.29 is 0 Å². The molecule has 0 unspecified atom stereocenters. The zero-order valence-corrected chi connectivity index (χ0v) is 13.2. The second-order valence-electron chi connectivity index (χ2n) is 5.06. The molecule has 0 fully saturated rings. The molecular formula is C15H20BrN3. The minimum Gasteiger partial charge on any atom is -0.331 e. The third-order valence-electron chi connectivity index (χ3n) is 3.10. The lowest BCUT2D eigenvalue weighted by molar-refractivity contribution is 0.588. The average Bonchev–Trinajstić information content (AvgIpc) is 2.75. The largest absolute Gasteiger partial charge is 0.331 e. The van der Waals surface area contributed by atoms with Crippen LogP contribution in [0.25, 0.3) is 0 Å². The molecule has 1 heterocycles. The Morgan fingerprint density at radius 1 is 1.37 bits per heavy atom. The second kappa shape index (κ2) is 6.35. The van der Waals surface area contributed by atoms with Crippen molar-refractivity contribution in [2.75, 3.05) is 0 Å². The Balaban J connectivity index is 2.09. The molecule has 0 radical (unpaired) electrons. The van der Waals surface area contributed by atoms with Crippen molar-refractivity contribution >= 4 is 15.9 Å². The van der Waals surface area contributed by atoms with Gasteiger partial charge in [-0.2, -0.15) is 0 Å². The van der Waals surface area contributed by atoms with E-state index in [0.717, 1.165) is 23.4 Å². The van der Waals surface area contributed by atoms with E-state index in [2.05, 4.69) is 62.8 Å². The SMILES string of the molecule is Cc1nccn1Cc1ccc(CNC(C)C)cc1Br. The van der Waals surface area contributed by atoms with Crippen LogP contribution in [0.5, 0.6) is 0 Å². The highest BCUT2D eigenvalue weighted by atomic mass is 79.9. The van der Waals surface area contributed by atoms with E-state index < -0.39 is 0 Å². The number of nitrogens with zero attached hydrogens (tertiary/aromatic N) is 2. The van der Waals surface area contributed by atoms with E-state index in [0.29, 0.717) is 6.04 Å². The van der Waals surface area contributed by atoms with Crippen molar-refractivity contribution in [1.29, 1.82) is 0 Å². The topological polar surface area (TPSA) is 29.9 Å². The van der Waals surface area contributed by atoms with Gasteiger partial charge in [0, 0.05) is 36.0 Å². The molecule has 19 heavy (non-hydrogen) atoms. The highest BCUT2D eigenvalue weighted by Gasteiger charge is 2.05. The highest BCUT2D eigenvalue weighted by molar-refractivity contribution is 9.10. The van der Waals surface area contributed by atoms with Gasteiger partial charge in [0.25, 0.3) is 0 Å². The van der Waals surface area contributed by atoms with Crippen LogP contribution in [0, 0.1) is 6.92 Å². The molecule has 4 heteroatoms. The van der Waals surface area contributed by atoms with Crippen LogP contribution in [0.1, 0.15) is 30.8 Å². The van der Waals surface area contributed by atoms with Gasteiger partial charge in [0.2, 0.25) is 0 Å². The molecule has 102 valence electrons. The van der Waals surface area contributed by atoms with E-state index in [1.165, 1.54) is 11.1 Å². The molecule has 0 saturated carbocycles. The maximum Gasteiger partial charge on any atom is 0.105 e. The van der Waals surface area contributed by atoms with Gasteiger partial charge in [0.15, 0.2) is 0 Å². The lowest BCUT2D eigenvalue weighted by atomic mass is 10.1. The number of benzene rings is 1. The Labute approximate surface area is 123 Å². The first kappa shape index (κ1) is 14.3. The van der Waals surface area contributed by atoms with Gasteiger partial charge in [-0.3, -0.25) is 0 Å². The van der Waals surface area contributed by atoms with Gasteiger partial charge < -0.3 is 9.88 Å². The van der Waals surface area contributed by atoms with Crippen LogP contribution in [0.15, 0.2) is 35.1 Å². The maximum absolute atomic E-state index is 4.25. The van der Waals surface area contributed by atoms with Gasteiger partial charge >= 0.3 is 0 Å². The lowest BCUT2D eigenvalue weighted by Crippen LogP contribution is -2.21. The number of nitrogens with one attached hydrogen (secondary N) is 1. The predicted octanol–water partition coefficient (Wildman–Crippen LogP) is 3.50. The van der Waals surface area contributed by atoms with Crippen LogP contribution in [-0.4, -0.2) is 15.6 Å². The van der Waals surface area contributed by atoms with E-state index in [1.807, 2.05) is 19.3 Å². The molecule has 0 atom stereocenters. The van der Waals surface area contributed by atoms with Crippen LogP contribution in [0.2, 0.25) is 0 Å². The molecule has 3 nitrogen and oxygen atoms in total. The van der Waals surface area contributed by atoms with Crippen molar-refractivity contribution in [3.63, 3.8) is 0 Å². The summed E-state index contributed by atoms with van der Waals surface area (Å²) in [5, 5.41) is 3.43. The summed E-state index contributed by atoms with van der Waals surface area (Å²) in [5.41, 5.74) is 2.57. The Bertz CT molecular complexity index is 546. The van der Waals surface area contributed by atoms with E-state index >= 15 is 0 Å². The average molecular weight is 322 g/mol. The number of imidazole rings is 1. The van der Waals surface area contributed by atoms with Crippen LogP contribution < -0.4 is 5.32 Å². The molecule has 2 rings (SSSR count). The Hall–Kier alpha value is -1.13. The van der Waals surface area contributed by atoms with Gasteiger partial charge in [-0.05, 0) is 24.1 Å². The monoisotopic (exact) mass is 321 g/mol. The normalized spacial score (nSPS) is 11.2.